The average Bonchev–Trinajstić information content (AvgIpc) is 2.59. The van der Waals surface area contributed by atoms with Gasteiger partial charge < -0.3 is 10.6 Å². The van der Waals surface area contributed by atoms with Gasteiger partial charge in [-0.2, -0.15) is 0 Å². The van der Waals surface area contributed by atoms with Crippen LogP contribution < -0.4 is 10.6 Å². The van der Waals surface area contributed by atoms with Crippen LogP contribution in [0.15, 0.2) is 36.7 Å². The van der Waals surface area contributed by atoms with Crippen LogP contribution in [0, 0.1) is 0 Å². The number of anilines is 2. The lowest BCUT2D eigenvalue weighted by Crippen LogP contribution is -2.24. The van der Waals surface area contributed by atoms with Crippen molar-refractivity contribution in [2.75, 3.05) is 11.9 Å². The summed E-state index contributed by atoms with van der Waals surface area (Å²) in [5, 5.41) is 6.04. The van der Waals surface area contributed by atoms with Gasteiger partial charge in [-0.25, -0.2) is 9.97 Å². The van der Waals surface area contributed by atoms with Gasteiger partial charge in [0.05, 0.1) is 5.56 Å². The average molecular weight is 340 g/mol. The third-order valence-electron chi connectivity index (χ3n) is 3.99. The zero-order valence-corrected chi connectivity index (χ0v) is 15.6. The SMILES string of the molecule is CCCCCNC(=O)c1cnc(Nc2ccc(C(C)(C)C)cc2)nc1. The molecule has 0 saturated heterocycles. The molecule has 25 heavy (non-hydrogen) atoms. The maximum atomic E-state index is 12.0. The minimum absolute atomic E-state index is 0.126. The first-order valence-corrected chi connectivity index (χ1v) is 8.88. The molecule has 0 fully saturated rings. The molecule has 2 rings (SSSR count). The van der Waals surface area contributed by atoms with Crippen molar-refractivity contribution in [1.82, 2.24) is 15.3 Å². The number of hydrogen-bond acceptors (Lipinski definition) is 4. The lowest BCUT2D eigenvalue weighted by molar-refractivity contribution is 0.0952. The summed E-state index contributed by atoms with van der Waals surface area (Å²) in [6.45, 7) is 9.38. The molecule has 5 nitrogen and oxygen atoms in total. The van der Waals surface area contributed by atoms with Crippen LogP contribution in [-0.2, 0) is 5.41 Å². The molecule has 0 spiro atoms. The van der Waals surface area contributed by atoms with Gasteiger partial charge in [-0.05, 0) is 29.5 Å². The molecule has 0 atom stereocenters. The molecule has 5 heteroatoms. The minimum atomic E-state index is -0.128. The summed E-state index contributed by atoms with van der Waals surface area (Å²) in [4.78, 5) is 20.5. The Balaban J connectivity index is 1.92. The fraction of sp³-hybridized carbons (Fsp3) is 0.450. The van der Waals surface area contributed by atoms with E-state index >= 15 is 0 Å². The first-order valence-electron chi connectivity index (χ1n) is 8.88. The van der Waals surface area contributed by atoms with Crippen molar-refractivity contribution in [1.29, 1.82) is 0 Å². The van der Waals surface area contributed by atoms with Crippen molar-refractivity contribution in [3.8, 4) is 0 Å². The highest BCUT2D eigenvalue weighted by atomic mass is 16.1. The van der Waals surface area contributed by atoms with E-state index in [0.29, 0.717) is 18.1 Å². The molecule has 0 unspecified atom stereocenters. The van der Waals surface area contributed by atoms with Crippen LogP contribution >= 0.6 is 0 Å². The second-order valence-electron chi connectivity index (χ2n) is 7.21. The van der Waals surface area contributed by atoms with Crippen molar-refractivity contribution < 1.29 is 4.79 Å². The molecule has 1 aromatic heterocycles. The number of aromatic nitrogens is 2. The maximum absolute atomic E-state index is 12.0. The highest BCUT2D eigenvalue weighted by Gasteiger charge is 2.13. The summed E-state index contributed by atoms with van der Waals surface area (Å²) in [6.07, 6.45) is 6.35. The number of amides is 1. The number of nitrogens with one attached hydrogen (secondary N) is 2. The first-order chi connectivity index (χ1) is 11.9. The number of carbonyl (C=O) groups is 1. The van der Waals surface area contributed by atoms with E-state index in [1.165, 1.54) is 5.56 Å². The Kier molecular flexibility index (Phi) is 6.51. The zero-order chi connectivity index (χ0) is 18.3. The molecule has 2 aromatic rings. The van der Waals surface area contributed by atoms with Gasteiger partial charge in [-0.15, -0.1) is 0 Å². The third-order valence-corrected chi connectivity index (χ3v) is 3.99. The molecule has 0 aliphatic heterocycles. The monoisotopic (exact) mass is 340 g/mol. The molecule has 2 N–H and O–H groups in total. The van der Waals surface area contributed by atoms with Gasteiger partial charge in [0.2, 0.25) is 5.95 Å². The van der Waals surface area contributed by atoms with Crippen LogP contribution in [0.1, 0.15) is 62.9 Å². The Morgan fingerprint density at radius 2 is 1.68 bits per heavy atom. The van der Waals surface area contributed by atoms with E-state index in [-0.39, 0.29) is 11.3 Å². The summed E-state index contributed by atoms with van der Waals surface area (Å²) in [6, 6.07) is 8.22. The van der Waals surface area contributed by atoms with E-state index in [0.717, 1.165) is 24.9 Å². The number of benzene rings is 1. The van der Waals surface area contributed by atoms with E-state index in [1.54, 1.807) is 12.4 Å². The van der Waals surface area contributed by atoms with Crippen LogP contribution in [0.4, 0.5) is 11.6 Å². The maximum Gasteiger partial charge on any atom is 0.254 e. The number of nitrogens with zero attached hydrogens (tertiary/aromatic N) is 2. The summed E-state index contributed by atoms with van der Waals surface area (Å²) in [7, 11) is 0. The Bertz CT molecular complexity index is 672. The zero-order valence-electron chi connectivity index (χ0n) is 15.6. The highest BCUT2D eigenvalue weighted by Crippen LogP contribution is 2.24. The number of rotatable bonds is 7. The third kappa shape index (κ3) is 5.85. The summed E-state index contributed by atoms with van der Waals surface area (Å²) < 4.78 is 0. The Morgan fingerprint density at radius 1 is 1.04 bits per heavy atom. The highest BCUT2D eigenvalue weighted by molar-refractivity contribution is 5.93. The molecular formula is C20H28N4O. The Morgan fingerprint density at radius 3 is 2.24 bits per heavy atom. The Labute approximate surface area is 150 Å². The lowest BCUT2D eigenvalue weighted by atomic mass is 9.87. The van der Waals surface area contributed by atoms with Gasteiger partial charge in [-0.1, -0.05) is 52.7 Å². The quantitative estimate of drug-likeness (QED) is 0.731. The van der Waals surface area contributed by atoms with Crippen molar-refractivity contribution in [3.63, 3.8) is 0 Å². The van der Waals surface area contributed by atoms with Crippen LogP contribution in [0.5, 0.6) is 0 Å². The van der Waals surface area contributed by atoms with Gasteiger partial charge in [0.1, 0.15) is 0 Å². The second kappa shape index (κ2) is 8.60. The molecule has 0 saturated carbocycles. The number of carbonyl (C=O) groups excluding carboxylic acids is 1. The fourth-order valence-corrected chi connectivity index (χ4v) is 2.37. The summed E-state index contributed by atoms with van der Waals surface area (Å²) in [5.41, 5.74) is 2.80. The molecule has 1 aromatic carbocycles. The van der Waals surface area contributed by atoms with Crippen LogP contribution in [0.3, 0.4) is 0 Å². The van der Waals surface area contributed by atoms with E-state index < -0.39 is 0 Å². The van der Waals surface area contributed by atoms with Gasteiger partial charge >= 0.3 is 0 Å². The molecule has 0 bridgehead atoms. The minimum Gasteiger partial charge on any atom is -0.352 e. The molecule has 0 radical (unpaired) electrons. The van der Waals surface area contributed by atoms with Crippen molar-refractivity contribution >= 4 is 17.5 Å². The predicted molar refractivity (Wildman–Crippen MR) is 102 cm³/mol. The standard InChI is InChI=1S/C20H28N4O/c1-5-6-7-12-21-18(25)15-13-22-19(23-14-15)24-17-10-8-16(9-11-17)20(2,3)4/h8-11,13-14H,5-7,12H2,1-4H3,(H,21,25)(H,22,23,24). The van der Waals surface area contributed by atoms with Crippen LogP contribution in [0.25, 0.3) is 0 Å². The van der Waals surface area contributed by atoms with E-state index in [1.807, 2.05) is 12.1 Å². The lowest BCUT2D eigenvalue weighted by Gasteiger charge is -2.19. The summed E-state index contributed by atoms with van der Waals surface area (Å²) in [5.74, 6) is 0.350. The van der Waals surface area contributed by atoms with Gasteiger partial charge in [0.25, 0.3) is 5.91 Å². The normalized spacial score (nSPS) is 11.2. The van der Waals surface area contributed by atoms with Crippen molar-refractivity contribution in [2.45, 2.75) is 52.4 Å². The van der Waals surface area contributed by atoms with Gasteiger partial charge in [0, 0.05) is 24.6 Å². The van der Waals surface area contributed by atoms with E-state index in [9.17, 15) is 4.79 Å². The van der Waals surface area contributed by atoms with Crippen molar-refractivity contribution in [3.05, 3.63) is 47.8 Å². The first kappa shape index (κ1) is 18.9. The molecular weight excluding hydrogens is 312 g/mol. The molecule has 1 amide bonds. The molecule has 0 aliphatic rings. The van der Waals surface area contributed by atoms with Gasteiger partial charge in [0.15, 0.2) is 0 Å². The smallest absolute Gasteiger partial charge is 0.254 e. The number of hydrogen-bond donors (Lipinski definition) is 2. The van der Waals surface area contributed by atoms with Crippen molar-refractivity contribution in [2.24, 2.45) is 0 Å². The van der Waals surface area contributed by atoms with E-state index in [2.05, 4.69) is 60.4 Å². The van der Waals surface area contributed by atoms with Crippen LogP contribution in [-0.4, -0.2) is 22.4 Å². The predicted octanol–water partition coefficient (Wildman–Crippen LogP) is 4.44. The largest absolute Gasteiger partial charge is 0.352 e. The topological polar surface area (TPSA) is 66.9 Å². The number of unbranched alkanes of at least 4 members (excludes halogenated alkanes) is 2. The summed E-state index contributed by atoms with van der Waals surface area (Å²) >= 11 is 0. The molecule has 134 valence electrons. The molecule has 0 aliphatic carbocycles. The molecule has 1 heterocycles. The van der Waals surface area contributed by atoms with Gasteiger partial charge in [-0.3, -0.25) is 4.79 Å². The second-order valence-corrected chi connectivity index (χ2v) is 7.21. The van der Waals surface area contributed by atoms with Crippen LogP contribution in [0.2, 0.25) is 0 Å². The van der Waals surface area contributed by atoms with E-state index in [4.69, 9.17) is 0 Å². The Hall–Kier alpha value is -2.43. The fourth-order valence-electron chi connectivity index (χ4n) is 2.37.